The number of furan rings is 1. The van der Waals surface area contributed by atoms with Crippen molar-refractivity contribution in [2.45, 2.75) is 25.3 Å². The van der Waals surface area contributed by atoms with Gasteiger partial charge in [-0.3, -0.25) is 15.7 Å². The molecule has 3 aromatic rings. The molecule has 27 heavy (non-hydrogen) atoms. The van der Waals surface area contributed by atoms with Gasteiger partial charge in [-0.1, -0.05) is 0 Å². The van der Waals surface area contributed by atoms with Crippen LogP contribution < -0.4 is 10.2 Å². The van der Waals surface area contributed by atoms with Gasteiger partial charge in [-0.25, -0.2) is 4.98 Å². The largest absolute Gasteiger partial charge is 0.464 e. The van der Waals surface area contributed by atoms with Crippen LogP contribution in [0.15, 0.2) is 62.8 Å². The first-order valence-corrected chi connectivity index (χ1v) is 9.61. The van der Waals surface area contributed by atoms with E-state index in [-0.39, 0.29) is 12.4 Å². The van der Waals surface area contributed by atoms with Gasteiger partial charge in [0.2, 0.25) is 5.88 Å². The van der Waals surface area contributed by atoms with Gasteiger partial charge in [-0.2, -0.15) is 0 Å². The van der Waals surface area contributed by atoms with Gasteiger partial charge in [0.05, 0.1) is 12.1 Å². The van der Waals surface area contributed by atoms with Crippen molar-refractivity contribution in [1.82, 2.24) is 10.5 Å². The Labute approximate surface area is 162 Å². The van der Waals surface area contributed by atoms with Crippen molar-refractivity contribution >= 4 is 17.6 Å². The molecule has 140 valence electrons. The smallest absolute Gasteiger partial charge is 0.230 e. The van der Waals surface area contributed by atoms with Crippen molar-refractivity contribution in [2.75, 3.05) is 6.26 Å². The molecular weight excluding hydrogens is 362 g/mol. The molecule has 2 N–H and O–H groups in total. The van der Waals surface area contributed by atoms with Crippen LogP contribution in [-0.4, -0.2) is 22.3 Å². The molecule has 1 aromatic carbocycles. The van der Waals surface area contributed by atoms with Gasteiger partial charge in [0.1, 0.15) is 17.3 Å². The van der Waals surface area contributed by atoms with Crippen LogP contribution in [-0.2, 0) is 6.54 Å². The molecule has 0 aliphatic rings. The van der Waals surface area contributed by atoms with Crippen molar-refractivity contribution < 1.29 is 14.4 Å². The second-order valence-electron chi connectivity index (χ2n) is 5.87. The first kappa shape index (κ1) is 19.0. The Morgan fingerprint density at radius 2 is 1.93 bits per heavy atom. The van der Waals surface area contributed by atoms with E-state index in [4.69, 9.17) is 9.15 Å². The summed E-state index contributed by atoms with van der Waals surface area (Å²) in [6, 6.07) is 15.1. The van der Waals surface area contributed by atoms with E-state index in [1.165, 1.54) is 0 Å². The van der Waals surface area contributed by atoms with E-state index >= 15 is 0 Å². The third-order valence-electron chi connectivity index (χ3n) is 3.82. The Morgan fingerprint density at radius 3 is 2.56 bits per heavy atom. The molecule has 2 aromatic heterocycles. The number of aryl methyl sites for hydroxylation is 2. The van der Waals surface area contributed by atoms with Crippen LogP contribution in [0, 0.1) is 13.8 Å². The Hall–Kier alpha value is -2.77. The number of ether oxygens (including phenoxy) is 1. The summed E-state index contributed by atoms with van der Waals surface area (Å²) in [5.74, 6) is 2.80. The van der Waals surface area contributed by atoms with E-state index in [0.717, 1.165) is 16.3 Å². The summed E-state index contributed by atoms with van der Waals surface area (Å²) in [6.45, 7) is 4.03. The van der Waals surface area contributed by atoms with Crippen molar-refractivity contribution in [1.29, 1.82) is 0 Å². The Balaban J connectivity index is 1.88. The maximum Gasteiger partial charge on any atom is 0.230 e. The lowest BCUT2D eigenvalue weighted by Gasteiger charge is -2.12. The minimum Gasteiger partial charge on any atom is -0.464 e. The predicted octanol–water partition coefficient (Wildman–Crippen LogP) is 4.73. The molecule has 7 heteroatoms. The number of aromatic nitrogens is 1. The predicted molar refractivity (Wildman–Crippen MR) is 106 cm³/mol. The zero-order chi connectivity index (χ0) is 19.2. The molecule has 6 nitrogen and oxygen atoms in total. The number of nitrogens with zero attached hydrogens (tertiary/aromatic N) is 2. The van der Waals surface area contributed by atoms with Gasteiger partial charge >= 0.3 is 0 Å². The fraction of sp³-hybridized carbons (Fsp3) is 0.200. The summed E-state index contributed by atoms with van der Waals surface area (Å²) in [6.07, 6.45) is 2.02. The number of hydroxylamine groups is 1. The van der Waals surface area contributed by atoms with Crippen molar-refractivity contribution in [2.24, 2.45) is 4.99 Å². The second-order valence-corrected chi connectivity index (χ2v) is 6.75. The maximum absolute atomic E-state index is 9.59. The number of pyridine rings is 1. The Morgan fingerprint density at radius 1 is 1.15 bits per heavy atom. The zero-order valence-corrected chi connectivity index (χ0v) is 16.2. The number of thioether (sulfide) groups is 1. The van der Waals surface area contributed by atoms with Gasteiger partial charge in [-0.15, -0.1) is 11.8 Å². The van der Waals surface area contributed by atoms with E-state index in [1.54, 1.807) is 11.8 Å². The summed E-state index contributed by atoms with van der Waals surface area (Å²) in [5, 5.41) is 9.59. The van der Waals surface area contributed by atoms with Gasteiger partial charge in [0.15, 0.2) is 5.84 Å². The Bertz CT molecular complexity index is 936. The fourth-order valence-electron chi connectivity index (χ4n) is 2.45. The first-order valence-electron chi connectivity index (χ1n) is 8.39. The quantitative estimate of drug-likeness (QED) is 0.277. The number of amidine groups is 1. The number of nitrogens with one attached hydrogen (secondary N) is 1. The Kier molecular flexibility index (Phi) is 6.16. The van der Waals surface area contributed by atoms with Crippen LogP contribution in [0.3, 0.4) is 0 Å². The van der Waals surface area contributed by atoms with Crippen LogP contribution in [0.5, 0.6) is 11.6 Å². The zero-order valence-electron chi connectivity index (χ0n) is 15.4. The highest BCUT2D eigenvalue weighted by Gasteiger charge is 2.14. The number of hydrogen-bond acceptors (Lipinski definition) is 6. The fourth-order valence-corrected chi connectivity index (χ4v) is 2.86. The molecule has 2 heterocycles. The lowest BCUT2D eigenvalue weighted by molar-refractivity contribution is 0.234. The maximum atomic E-state index is 9.59. The summed E-state index contributed by atoms with van der Waals surface area (Å²) in [7, 11) is 0. The topological polar surface area (TPSA) is 79.9 Å². The van der Waals surface area contributed by atoms with Crippen molar-refractivity contribution in [3.8, 4) is 11.6 Å². The minimum absolute atomic E-state index is 0.257. The molecule has 0 unspecified atom stereocenters. The molecule has 0 bridgehead atoms. The van der Waals surface area contributed by atoms with Crippen LogP contribution in [0.2, 0.25) is 0 Å². The highest BCUT2D eigenvalue weighted by Crippen LogP contribution is 2.26. The van der Waals surface area contributed by atoms with Gasteiger partial charge < -0.3 is 9.15 Å². The monoisotopic (exact) mass is 383 g/mol. The average Bonchev–Trinajstić information content (AvgIpc) is 3.09. The van der Waals surface area contributed by atoms with Crippen molar-refractivity contribution in [3.05, 3.63) is 71.3 Å². The number of rotatable bonds is 6. The summed E-state index contributed by atoms with van der Waals surface area (Å²) in [5.41, 5.74) is 3.50. The molecule has 0 aliphatic heterocycles. The highest BCUT2D eigenvalue weighted by molar-refractivity contribution is 7.98. The molecule has 0 amide bonds. The molecule has 0 saturated carbocycles. The van der Waals surface area contributed by atoms with Gasteiger partial charge in [0, 0.05) is 10.6 Å². The first-order chi connectivity index (χ1) is 13.1. The van der Waals surface area contributed by atoms with E-state index in [0.29, 0.717) is 23.0 Å². The third-order valence-corrected chi connectivity index (χ3v) is 4.57. The number of aliphatic imine (C=N–C) groups is 1. The second kappa shape index (κ2) is 8.75. The van der Waals surface area contributed by atoms with Crippen molar-refractivity contribution in [3.63, 3.8) is 0 Å². The van der Waals surface area contributed by atoms with Gasteiger partial charge in [-0.05, 0) is 68.6 Å². The minimum atomic E-state index is 0.257. The van der Waals surface area contributed by atoms with Crippen LogP contribution in [0.25, 0.3) is 0 Å². The molecule has 0 spiro atoms. The molecule has 0 saturated heterocycles. The summed E-state index contributed by atoms with van der Waals surface area (Å²) in [4.78, 5) is 10.00. The molecule has 0 radical (unpaired) electrons. The van der Waals surface area contributed by atoms with Crippen LogP contribution in [0.1, 0.15) is 22.8 Å². The average molecular weight is 383 g/mol. The van der Waals surface area contributed by atoms with Crippen LogP contribution in [0.4, 0.5) is 0 Å². The molecule has 3 rings (SSSR count). The van der Waals surface area contributed by atoms with Gasteiger partial charge in [0.25, 0.3) is 0 Å². The number of hydrogen-bond donors (Lipinski definition) is 2. The number of benzene rings is 1. The molecule has 0 aliphatic carbocycles. The SMILES string of the molecule is CSc1ccc(Oc2nc(C)ccc2C(=NCc2ccc(C)o2)NO)cc1. The lowest BCUT2D eigenvalue weighted by Crippen LogP contribution is -2.21. The summed E-state index contributed by atoms with van der Waals surface area (Å²) < 4.78 is 11.5. The lowest BCUT2D eigenvalue weighted by atomic mass is 10.2. The standard InChI is InChI=1S/C20H21N3O3S/c1-13-4-11-18(19(23-24)21-12-16-6-5-14(2)25-16)20(22-13)26-15-7-9-17(27-3)10-8-15/h4-11,24H,12H2,1-3H3,(H,21,23). The molecule has 0 atom stereocenters. The van der Waals surface area contributed by atoms with E-state index in [2.05, 4.69) is 15.5 Å². The third kappa shape index (κ3) is 4.90. The molecule has 0 fully saturated rings. The molecular formula is C20H21N3O3S. The van der Waals surface area contributed by atoms with E-state index in [1.807, 2.05) is 68.6 Å². The highest BCUT2D eigenvalue weighted by atomic mass is 32.2. The van der Waals surface area contributed by atoms with E-state index in [9.17, 15) is 5.21 Å². The normalized spacial score (nSPS) is 11.5. The summed E-state index contributed by atoms with van der Waals surface area (Å²) >= 11 is 1.66. The van der Waals surface area contributed by atoms with E-state index < -0.39 is 0 Å². The van der Waals surface area contributed by atoms with Crippen LogP contribution >= 0.6 is 11.8 Å².